The number of nitrogens with zero attached hydrogens (tertiary/aromatic N) is 1. The Morgan fingerprint density at radius 1 is 1.33 bits per heavy atom. The second kappa shape index (κ2) is 7.06. The molecule has 0 unspecified atom stereocenters. The second-order valence-corrected chi connectivity index (χ2v) is 5.46. The molecule has 0 bridgehead atoms. The molecule has 1 aromatic rings. The molecule has 1 heterocycles. The molecule has 1 N–H and O–H groups in total. The zero-order valence-corrected chi connectivity index (χ0v) is 12.1. The first-order valence-corrected chi connectivity index (χ1v) is 7.21. The molecule has 114 valence electrons. The topological polar surface area (TPSA) is 82.3 Å². The van der Waals surface area contributed by atoms with E-state index in [1.54, 1.807) is 0 Å². The number of hydrogen-bond donors (Lipinski definition) is 1. The van der Waals surface area contributed by atoms with Gasteiger partial charge in [-0.2, -0.15) is 4.73 Å². The number of nitrogens with one attached hydrogen (secondary N) is 1. The van der Waals surface area contributed by atoms with E-state index in [9.17, 15) is 14.8 Å². The fourth-order valence-electron chi connectivity index (χ4n) is 2.54. The summed E-state index contributed by atoms with van der Waals surface area (Å²) in [6.07, 6.45) is 6.83. The molecule has 6 heteroatoms. The van der Waals surface area contributed by atoms with Gasteiger partial charge in [0.05, 0.1) is 5.56 Å². The zero-order chi connectivity index (χ0) is 15.2. The van der Waals surface area contributed by atoms with E-state index in [1.807, 2.05) is 0 Å². The van der Waals surface area contributed by atoms with Crippen LogP contribution in [0.3, 0.4) is 0 Å². The molecule has 1 aliphatic carbocycles. The van der Waals surface area contributed by atoms with Crippen LogP contribution in [0.25, 0.3) is 0 Å². The van der Waals surface area contributed by atoms with Crippen molar-refractivity contribution in [2.45, 2.75) is 38.6 Å². The van der Waals surface area contributed by atoms with Gasteiger partial charge in [0.15, 0.2) is 19.0 Å². The highest BCUT2D eigenvalue weighted by molar-refractivity contribution is 5.91. The number of aromatic nitrogens is 1. The molecular weight excluding hydrogens is 272 g/mol. The molecule has 21 heavy (non-hydrogen) atoms. The fourth-order valence-corrected chi connectivity index (χ4v) is 2.54. The van der Waals surface area contributed by atoms with Crippen molar-refractivity contribution in [1.82, 2.24) is 5.32 Å². The van der Waals surface area contributed by atoms with E-state index in [2.05, 4.69) is 12.2 Å². The maximum Gasteiger partial charge on any atom is 0.339 e. The minimum absolute atomic E-state index is 0.168. The van der Waals surface area contributed by atoms with Crippen LogP contribution in [0.1, 0.15) is 43.0 Å². The molecular formula is C15H20N2O4. The molecule has 1 saturated carbocycles. The first-order valence-electron chi connectivity index (χ1n) is 7.21. The van der Waals surface area contributed by atoms with Crippen LogP contribution in [0.4, 0.5) is 0 Å². The van der Waals surface area contributed by atoms with Gasteiger partial charge >= 0.3 is 5.97 Å². The zero-order valence-electron chi connectivity index (χ0n) is 12.1. The summed E-state index contributed by atoms with van der Waals surface area (Å²) >= 11 is 0. The number of esters is 1. The highest BCUT2D eigenvalue weighted by atomic mass is 16.5. The summed E-state index contributed by atoms with van der Waals surface area (Å²) in [6.45, 7) is 1.83. The lowest BCUT2D eigenvalue weighted by Gasteiger charge is -2.29. The van der Waals surface area contributed by atoms with E-state index in [4.69, 9.17) is 4.74 Å². The highest BCUT2D eigenvalue weighted by Gasteiger charge is 2.23. The highest BCUT2D eigenvalue weighted by Crippen LogP contribution is 2.23. The number of carbonyl (C=O) groups excluding carboxylic acids is 2. The summed E-state index contributed by atoms with van der Waals surface area (Å²) in [5.41, 5.74) is 0.251. The lowest BCUT2D eigenvalue weighted by molar-refractivity contribution is -0.605. The summed E-state index contributed by atoms with van der Waals surface area (Å²) in [7, 11) is 0. The number of ether oxygens (including phenoxy) is 1. The lowest BCUT2D eigenvalue weighted by atomic mass is 9.86. The van der Waals surface area contributed by atoms with Gasteiger partial charge in [0.1, 0.15) is 0 Å². The Bertz CT molecular complexity index is 501. The Morgan fingerprint density at radius 3 is 2.67 bits per heavy atom. The molecule has 1 fully saturated rings. The molecule has 1 aliphatic rings. The van der Waals surface area contributed by atoms with Crippen LogP contribution in [0.2, 0.25) is 0 Å². The van der Waals surface area contributed by atoms with Crippen molar-refractivity contribution in [3.8, 4) is 0 Å². The van der Waals surface area contributed by atoms with Gasteiger partial charge in [-0.25, -0.2) is 4.79 Å². The van der Waals surface area contributed by atoms with E-state index in [0.717, 1.165) is 19.3 Å². The van der Waals surface area contributed by atoms with E-state index in [0.29, 0.717) is 10.6 Å². The van der Waals surface area contributed by atoms with Crippen LogP contribution >= 0.6 is 0 Å². The summed E-state index contributed by atoms with van der Waals surface area (Å²) in [5, 5.41) is 13.8. The van der Waals surface area contributed by atoms with Crippen LogP contribution in [-0.4, -0.2) is 24.5 Å². The van der Waals surface area contributed by atoms with Gasteiger partial charge < -0.3 is 15.3 Å². The first kappa shape index (κ1) is 15.3. The SMILES string of the molecule is C[C@H]1CCCC[C@H]1NC(=O)COC(=O)c1cc[n+]([O-])cc1. The maximum atomic E-state index is 11.8. The molecule has 1 aromatic heterocycles. The van der Waals surface area contributed by atoms with E-state index >= 15 is 0 Å². The molecule has 0 radical (unpaired) electrons. The van der Waals surface area contributed by atoms with Crippen molar-refractivity contribution in [2.24, 2.45) is 5.92 Å². The molecule has 0 aromatic carbocycles. The fraction of sp³-hybridized carbons (Fsp3) is 0.533. The summed E-state index contributed by atoms with van der Waals surface area (Å²) < 4.78 is 5.52. The molecule has 1 amide bonds. The van der Waals surface area contributed by atoms with Gasteiger partial charge in [-0.15, -0.1) is 0 Å². The number of rotatable bonds is 4. The molecule has 2 atom stereocenters. The van der Waals surface area contributed by atoms with E-state index in [-0.39, 0.29) is 24.1 Å². The largest absolute Gasteiger partial charge is 0.619 e. The normalized spacial score (nSPS) is 21.6. The predicted octanol–water partition coefficient (Wildman–Crippen LogP) is 1.17. The van der Waals surface area contributed by atoms with Crippen molar-refractivity contribution >= 4 is 11.9 Å². The van der Waals surface area contributed by atoms with Crippen molar-refractivity contribution < 1.29 is 19.1 Å². The number of hydrogen-bond acceptors (Lipinski definition) is 4. The Balaban J connectivity index is 1.78. The molecule has 0 saturated heterocycles. The van der Waals surface area contributed by atoms with Gasteiger partial charge in [0.2, 0.25) is 0 Å². The Kier molecular flexibility index (Phi) is 5.14. The minimum Gasteiger partial charge on any atom is -0.619 e. The predicted molar refractivity (Wildman–Crippen MR) is 75.2 cm³/mol. The summed E-state index contributed by atoms with van der Waals surface area (Å²) in [6, 6.07) is 2.88. The molecule has 0 aliphatic heterocycles. The standard InChI is InChI=1S/C15H20N2O4/c1-11-4-2-3-5-13(11)16-14(18)10-21-15(19)12-6-8-17(20)9-7-12/h6-9,11,13H,2-5,10H2,1H3,(H,16,18)/t11-,13+/m0/s1. The van der Waals surface area contributed by atoms with Crippen LogP contribution in [0.5, 0.6) is 0 Å². The third kappa shape index (κ3) is 4.44. The second-order valence-electron chi connectivity index (χ2n) is 5.46. The van der Waals surface area contributed by atoms with E-state index in [1.165, 1.54) is 30.9 Å². The van der Waals surface area contributed by atoms with Crippen molar-refractivity contribution in [1.29, 1.82) is 0 Å². The summed E-state index contributed by atoms with van der Waals surface area (Å²) in [5.74, 6) is -0.431. The lowest BCUT2D eigenvalue weighted by Crippen LogP contribution is -2.42. The van der Waals surface area contributed by atoms with Crippen LogP contribution in [-0.2, 0) is 9.53 Å². The molecule has 2 rings (SSSR count). The third-order valence-corrected chi connectivity index (χ3v) is 3.83. The Morgan fingerprint density at radius 2 is 2.00 bits per heavy atom. The van der Waals surface area contributed by atoms with Crippen LogP contribution < -0.4 is 10.0 Å². The smallest absolute Gasteiger partial charge is 0.339 e. The van der Waals surface area contributed by atoms with Crippen molar-refractivity contribution in [3.63, 3.8) is 0 Å². The monoisotopic (exact) mass is 292 g/mol. The first-order chi connectivity index (χ1) is 10.1. The van der Waals surface area contributed by atoms with Gasteiger partial charge in [-0.1, -0.05) is 19.8 Å². The Hall–Kier alpha value is -2.11. The van der Waals surface area contributed by atoms with Crippen molar-refractivity contribution in [2.75, 3.05) is 6.61 Å². The third-order valence-electron chi connectivity index (χ3n) is 3.83. The average Bonchev–Trinajstić information content (AvgIpc) is 2.48. The summed E-state index contributed by atoms with van der Waals surface area (Å²) in [4.78, 5) is 23.5. The molecule has 6 nitrogen and oxygen atoms in total. The average molecular weight is 292 g/mol. The molecule has 0 spiro atoms. The van der Waals surface area contributed by atoms with Crippen LogP contribution in [0.15, 0.2) is 24.5 Å². The maximum absolute atomic E-state index is 11.8. The number of amides is 1. The van der Waals surface area contributed by atoms with Gasteiger partial charge in [-0.05, 0) is 18.8 Å². The van der Waals surface area contributed by atoms with E-state index < -0.39 is 5.97 Å². The van der Waals surface area contributed by atoms with Gasteiger partial charge in [0.25, 0.3) is 5.91 Å². The van der Waals surface area contributed by atoms with Crippen molar-refractivity contribution in [3.05, 3.63) is 35.3 Å². The quantitative estimate of drug-likeness (QED) is 0.513. The number of carbonyl (C=O) groups is 2. The Labute approximate surface area is 123 Å². The minimum atomic E-state index is -0.609. The number of pyridine rings is 1. The van der Waals surface area contributed by atoms with Gasteiger partial charge in [0, 0.05) is 18.2 Å². The van der Waals surface area contributed by atoms with Crippen LogP contribution in [0, 0.1) is 11.1 Å². The van der Waals surface area contributed by atoms with Gasteiger partial charge in [-0.3, -0.25) is 4.79 Å².